The number of unbranched alkanes of at least 4 members (excludes halogenated alkanes) is 1. The number of aliphatic hydroxyl groups is 1. The van der Waals surface area contributed by atoms with E-state index in [0.717, 1.165) is 19.3 Å². The zero-order valence-corrected chi connectivity index (χ0v) is 13.9. The zero-order valence-electron chi connectivity index (χ0n) is 13.9. The molecule has 0 saturated carbocycles. The number of alkyl carbamates (subject to hydrolysis) is 1. The highest BCUT2D eigenvalue weighted by Gasteiger charge is 2.20. The minimum atomic E-state index is -0.761. The molecular formula is C15H32N2O3. The number of carbonyl (C=O) groups is 1. The maximum absolute atomic E-state index is 11.8. The largest absolute Gasteiger partial charge is 0.445 e. The molecule has 3 N–H and O–H groups in total. The highest BCUT2D eigenvalue weighted by molar-refractivity contribution is 5.68. The lowest BCUT2D eigenvalue weighted by Crippen LogP contribution is -2.45. The molecule has 0 radical (unpaired) electrons. The van der Waals surface area contributed by atoms with Crippen molar-refractivity contribution in [3.8, 4) is 0 Å². The monoisotopic (exact) mass is 288 g/mol. The molecule has 0 rings (SSSR count). The van der Waals surface area contributed by atoms with E-state index < -0.39 is 5.60 Å². The smallest absolute Gasteiger partial charge is 0.407 e. The van der Waals surface area contributed by atoms with Crippen molar-refractivity contribution in [2.24, 2.45) is 0 Å². The van der Waals surface area contributed by atoms with E-state index in [1.165, 1.54) is 0 Å². The van der Waals surface area contributed by atoms with Crippen LogP contribution in [0.4, 0.5) is 4.79 Å². The lowest BCUT2D eigenvalue weighted by Gasteiger charge is -2.25. The van der Waals surface area contributed by atoms with Crippen LogP contribution < -0.4 is 10.6 Å². The molecular weight excluding hydrogens is 256 g/mol. The Morgan fingerprint density at radius 2 is 1.85 bits per heavy atom. The van der Waals surface area contributed by atoms with E-state index in [1.807, 2.05) is 20.8 Å². The molecule has 0 saturated heterocycles. The first kappa shape index (κ1) is 19.2. The van der Waals surface area contributed by atoms with Crippen LogP contribution in [0.25, 0.3) is 0 Å². The second kappa shape index (κ2) is 8.47. The lowest BCUT2D eigenvalue weighted by atomic mass is 10.1. The number of amides is 1. The van der Waals surface area contributed by atoms with Crippen molar-refractivity contribution >= 4 is 6.09 Å². The number of hydrogen-bond acceptors (Lipinski definition) is 4. The van der Waals surface area contributed by atoms with Gasteiger partial charge in [0.25, 0.3) is 0 Å². The summed E-state index contributed by atoms with van der Waals surface area (Å²) in [5, 5.41) is 15.6. The van der Waals surface area contributed by atoms with Crippen molar-refractivity contribution in [3.63, 3.8) is 0 Å². The maximum atomic E-state index is 11.8. The summed E-state index contributed by atoms with van der Waals surface area (Å²) in [6, 6.07) is 0. The molecule has 1 amide bonds. The second-order valence-electron chi connectivity index (χ2n) is 6.99. The molecule has 5 nitrogen and oxygen atoms in total. The van der Waals surface area contributed by atoms with Crippen molar-refractivity contribution in [3.05, 3.63) is 0 Å². The Bertz CT molecular complexity index is 280. The Morgan fingerprint density at radius 3 is 2.30 bits per heavy atom. The third kappa shape index (κ3) is 12.2. The highest BCUT2D eigenvalue weighted by atomic mass is 16.6. The molecule has 0 aromatic carbocycles. The molecule has 0 aromatic rings. The van der Waals surface area contributed by atoms with Gasteiger partial charge < -0.3 is 20.5 Å². The van der Waals surface area contributed by atoms with Crippen LogP contribution in [-0.2, 0) is 4.74 Å². The number of rotatable bonds is 8. The van der Waals surface area contributed by atoms with Gasteiger partial charge in [-0.05, 0) is 47.5 Å². The molecule has 5 heteroatoms. The average molecular weight is 288 g/mol. The first-order valence-electron chi connectivity index (χ1n) is 7.45. The van der Waals surface area contributed by atoms with Gasteiger partial charge in [-0.15, -0.1) is 0 Å². The number of carbonyl (C=O) groups excluding carboxylic acids is 1. The van der Waals surface area contributed by atoms with Gasteiger partial charge in [0.15, 0.2) is 0 Å². The van der Waals surface area contributed by atoms with Gasteiger partial charge in [0.2, 0.25) is 0 Å². The van der Waals surface area contributed by atoms with Gasteiger partial charge in [0, 0.05) is 18.6 Å². The molecule has 0 heterocycles. The van der Waals surface area contributed by atoms with E-state index >= 15 is 0 Å². The Morgan fingerprint density at radius 1 is 1.25 bits per heavy atom. The summed E-state index contributed by atoms with van der Waals surface area (Å²) >= 11 is 0. The van der Waals surface area contributed by atoms with E-state index in [1.54, 1.807) is 13.8 Å². The summed E-state index contributed by atoms with van der Waals surface area (Å²) in [5.41, 5.74) is -1.06. The Balaban J connectivity index is 4.23. The van der Waals surface area contributed by atoms with Crippen molar-refractivity contribution in [2.75, 3.05) is 13.1 Å². The van der Waals surface area contributed by atoms with Gasteiger partial charge in [-0.2, -0.15) is 0 Å². The molecule has 0 aliphatic carbocycles. The van der Waals surface area contributed by atoms with Crippen LogP contribution in [-0.4, -0.2) is 41.5 Å². The number of nitrogens with one attached hydrogen (secondary N) is 2. The molecule has 0 spiro atoms. The SMILES string of the molecule is CCCCC(CNCC(C)(C)O)OC(=O)NC(C)(C)C. The van der Waals surface area contributed by atoms with Crippen molar-refractivity contribution in [1.82, 2.24) is 10.6 Å². The number of hydrogen-bond donors (Lipinski definition) is 3. The summed E-state index contributed by atoms with van der Waals surface area (Å²) in [6.45, 7) is 12.4. The Hall–Kier alpha value is -0.810. The molecule has 0 aliphatic heterocycles. The fourth-order valence-corrected chi connectivity index (χ4v) is 1.66. The third-order valence-corrected chi connectivity index (χ3v) is 2.56. The van der Waals surface area contributed by atoms with Gasteiger partial charge in [-0.1, -0.05) is 13.3 Å². The minimum Gasteiger partial charge on any atom is -0.445 e. The highest BCUT2D eigenvalue weighted by Crippen LogP contribution is 2.07. The lowest BCUT2D eigenvalue weighted by molar-refractivity contribution is 0.0634. The van der Waals surface area contributed by atoms with Crippen molar-refractivity contribution in [2.45, 2.75) is 78.0 Å². The fraction of sp³-hybridized carbons (Fsp3) is 0.933. The fourth-order valence-electron chi connectivity index (χ4n) is 1.66. The van der Waals surface area contributed by atoms with Gasteiger partial charge >= 0.3 is 6.09 Å². The quantitative estimate of drug-likeness (QED) is 0.641. The molecule has 0 bridgehead atoms. The summed E-state index contributed by atoms with van der Waals surface area (Å²) < 4.78 is 5.45. The molecule has 0 fully saturated rings. The van der Waals surface area contributed by atoms with Crippen LogP contribution in [0.15, 0.2) is 0 Å². The predicted octanol–water partition coefficient (Wildman–Crippen LogP) is 2.43. The van der Waals surface area contributed by atoms with Crippen LogP contribution >= 0.6 is 0 Å². The van der Waals surface area contributed by atoms with Crippen molar-refractivity contribution in [1.29, 1.82) is 0 Å². The standard InChI is InChI=1S/C15H32N2O3/c1-7-8-9-12(10-16-11-15(5,6)19)20-13(18)17-14(2,3)4/h12,16,19H,7-11H2,1-6H3,(H,17,18). The predicted molar refractivity (Wildman–Crippen MR) is 81.9 cm³/mol. The Kier molecular flexibility index (Phi) is 8.13. The summed E-state index contributed by atoms with van der Waals surface area (Å²) in [5.74, 6) is 0. The van der Waals surface area contributed by atoms with E-state index in [2.05, 4.69) is 17.6 Å². The number of ether oxygens (including phenoxy) is 1. The summed E-state index contributed by atoms with van der Waals surface area (Å²) in [4.78, 5) is 11.8. The molecule has 0 aromatic heterocycles. The van der Waals surface area contributed by atoms with E-state index in [0.29, 0.717) is 13.1 Å². The van der Waals surface area contributed by atoms with Gasteiger partial charge in [0.1, 0.15) is 6.10 Å². The van der Waals surface area contributed by atoms with Crippen LogP contribution in [0, 0.1) is 0 Å². The van der Waals surface area contributed by atoms with E-state index in [-0.39, 0.29) is 17.7 Å². The summed E-state index contributed by atoms with van der Waals surface area (Å²) in [7, 11) is 0. The molecule has 0 aliphatic rings. The zero-order chi connectivity index (χ0) is 15.8. The minimum absolute atomic E-state index is 0.167. The third-order valence-electron chi connectivity index (χ3n) is 2.56. The van der Waals surface area contributed by atoms with Gasteiger partial charge in [-0.3, -0.25) is 0 Å². The van der Waals surface area contributed by atoms with Gasteiger partial charge in [-0.25, -0.2) is 4.79 Å². The van der Waals surface area contributed by atoms with Crippen LogP contribution in [0.1, 0.15) is 60.8 Å². The Labute approximate surface area is 123 Å². The maximum Gasteiger partial charge on any atom is 0.407 e. The van der Waals surface area contributed by atoms with Gasteiger partial charge in [0.05, 0.1) is 5.60 Å². The summed E-state index contributed by atoms with van der Waals surface area (Å²) in [6.07, 6.45) is 2.35. The molecule has 20 heavy (non-hydrogen) atoms. The van der Waals surface area contributed by atoms with Crippen LogP contribution in [0.5, 0.6) is 0 Å². The van der Waals surface area contributed by atoms with E-state index in [4.69, 9.17) is 4.74 Å². The second-order valence-corrected chi connectivity index (χ2v) is 6.99. The average Bonchev–Trinajstić information content (AvgIpc) is 2.21. The first-order valence-corrected chi connectivity index (χ1v) is 7.45. The molecule has 1 unspecified atom stereocenters. The normalized spacial score (nSPS) is 13.9. The van der Waals surface area contributed by atoms with E-state index in [9.17, 15) is 9.90 Å². The molecule has 120 valence electrons. The topological polar surface area (TPSA) is 70.6 Å². The van der Waals surface area contributed by atoms with Crippen molar-refractivity contribution < 1.29 is 14.6 Å². The molecule has 1 atom stereocenters. The van der Waals surface area contributed by atoms with Crippen LogP contribution in [0.3, 0.4) is 0 Å². The van der Waals surface area contributed by atoms with Crippen LogP contribution in [0.2, 0.25) is 0 Å². The first-order chi connectivity index (χ1) is 9.03.